The number of unbranched alkanes of at least 4 members (excludes halogenated alkanes) is 3. The maximum atomic E-state index is 11.8. The molecule has 3 heteroatoms. The number of carbonyl (C=O) groups is 1. The van der Waals surface area contributed by atoms with Crippen LogP contribution in [0.25, 0.3) is 6.08 Å². The van der Waals surface area contributed by atoms with Gasteiger partial charge in [-0.3, -0.25) is 4.79 Å². The van der Waals surface area contributed by atoms with E-state index in [1.54, 1.807) is 13.2 Å². The molecule has 20 heavy (non-hydrogen) atoms. The lowest BCUT2D eigenvalue weighted by molar-refractivity contribution is -0.134. The number of rotatable bonds is 8. The number of hydrogen-bond acceptors (Lipinski definition) is 3. The average molecular weight is 276 g/mol. The molecule has 0 aromatic heterocycles. The van der Waals surface area contributed by atoms with Crippen molar-refractivity contribution in [2.75, 3.05) is 7.11 Å². The van der Waals surface area contributed by atoms with Crippen molar-refractivity contribution < 1.29 is 14.3 Å². The molecule has 0 spiro atoms. The fourth-order valence-corrected chi connectivity index (χ4v) is 1.93. The number of ether oxygens (including phenoxy) is 2. The highest BCUT2D eigenvalue weighted by molar-refractivity contribution is 5.73. The van der Waals surface area contributed by atoms with E-state index >= 15 is 0 Å². The molecular formula is C17H24O3. The minimum atomic E-state index is -0.196. The number of allylic oxidation sites excluding steroid dienone is 1. The second kappa shape index (κ2) is 9.18. The Kier molecular flexibility index (Phi) is 7.48. The zero-order valence-corrected chi connectivity index (χ0v) is 12.6. The molecule has 0 saturated heterocycles. The minimum absolute atomic E-state index is 0.196. The number of carbonyl (C=O) groups excluding carboxylic acids is 1. The van der Waals surface area contributed by atoms with E-state index in [2.05, 4.69) is 6.92 Å². The van der Waals surface area contributed by atoms with Gasteiger partial charge in [-0.1, -0.05) is 44.4 Å². The third-order valence-corrected chi connectivity index (χ3v) is 3.01. The normalized spacial score (nSPS) is 10.8. The van der Waals surface area contributed by atoms with E-state index < -0.39 is 0 Å². The van der Waals surface area contributed by atoms with Gasteiger partial charge in [0.05, 0.1) is 7.11 Å². The second-order valence-corrected chi connectivity index (χ2v) is 4.70. The van der Waals surface area contributed by atoms with Gasteiger partial charge in [0.2, 0.25) is 0 Å². The monoisotopic (exact) mass is 276 g/mol. The lowest BCUT2D eigenvalue weighted by Crippen LogP contribution is -2.08. The van der Waals surface area contributed by atoms with E-state index in [9.17, 15) is 4.79 Å². The van der Waals surface area contributed by atoms with Crippen LogP contribution in [0.15, 0.2) is 24.3 Å². The Bertz CT molecular complexity index is 450. The Balaban J connectivity index is 2.60. The molecule has 0 heterocycles. The number of hydrogen-bond donors (Lipinski definition) is 0. The average Bonchev–Trinajstić information content (AvgIpc) is 2.45. The highest BCUT2D eigenvalue weighted by Crippen LogP contribution is 2.29. The van der Waals surface area contributed by atoms with Crippen molar-refractivity contribution in [2.24, 2.45) is 0 Å². The first kappa shape index (κ1) is 16.3. The standard InChI is InChI=1S/C17H24O3/c1-4-6-7-8-10-17(18)20-15-12-11-14(9-5-2)13-16(15)19-3/h5,9,11-13H,4,6-8,10H2,1-3H3. The van der Waals surface area contributed by atoms with Gasteiger partial charge >= 0.3 is 5.97 Å². The van der Waals surface area contributed by atoms with Crippen LogP contribution in [0.4, 0.5) is 0 Å². The quantitative estimate of drug-likeness (QED) is 0.395. The summed E-state index contributed by atoms with van der Waals surface area (Å²) in [6.07, 6.45) is 8.66. The summed E-state index contributed by atoms with van der Waals surface area (Å²) >= 11 is 0. The lowest BCUT2D eigenvalue weighted by atomic mass is 10.1. The number of benzene rings is 1. The van der Waals surface area contributed by atoms with Crippen molar-refractivity contribution in [3.8, 4) is 11.5 Å². The molecule has 0 saturated carbocycles. The first-order chi connectivity index (χ1) is 9.71. The molecule has 1 rings (SSSR count). The molecular weight excluding hydrogens is 252 g/mol. The zero-order valence-electron chi connectivity index (χ0n) is 12.6. The molecule has 0 unspecified atom stereocenters. The Labute approximate surface area is 121 Å². The summed E-state index contributed by atoms with van der Waals surface area (Å²) in [6, 6.07) is 5.54. The van der Waals surface area contributed by atoms with Crippen LogP contribution in [0.3, 0.4) is 0 Å². The Hall–Kier alpha value is -1.77. The molecule has 0 radical (unpaired) electrons. The largest absolute Gasteiger partial charge is 0.493 e. The summed E-state index contributed by atoms with van der Waals surface area (Å²) in [6.45, 7) is 4.10. The summed E-state index contributed by atoms with van der Waals surface area (Å²) in [5.41, 5.74) is 1.02. The minimum Gasteiger partial charge on any atom is -0.493 e. The van der Waals surface area contributed by atoms with Crippen molar-refractivity contribution in [2.45, 2.75) is 46.0 Å². The van der Waals surface area contributed by atoms with Gasteiger partial charge in [-0.25, -0.2) is 0 Å². The predicted molar refractivity (Wildman–Crippen MR) is 82.1 cm³/mol. The first-order valence-corrected chi connectivity index (χ1v) is 7.22. The van der Waals surface area contributed by atoms with E-state index in [1.807, 2.05) is 31.2 Å². The fraction of sp³-hybridized carbons (Fsp3) is 0.471. The van der Waals surface area contributed by atoms with Crippen LogP contribution in [0.2, 0.25) is 0 Å². The van der Waals surface area contributed by atoms with E-state index in [0.717, 1.165) is 31.2 Å². The van der Waals surface area contributed by atoms with E-state index in [0.29, 0.717) is 17.9 Å². The Morgan fingerprint density at radius 1 is 1.20 bits per heavy atom. The van der Waals surface area contributed by atoms with Crippen LogP contribution in [-0.2, 0) is 4.79 Å². The highest BCUT2D eigenvalue weighted by atomic mass is 16.6. The molecule has 1 aromatic carbocycles. The summed E-state index contributed by atoms with van der Waals surface area (Å²) in [7, 11) is 1.58. The summed E-state index contributed by atoms with van der Waals surface area (Å²) in [4.78, 5) is 11.8. The second-order valence-electron chi connectivity index (χ2n) is 4.70. The Morgan fingerprint density at radius 3 is 2.65 bits per heavy atom. The molecule has 0 amide bonds. The number of esters is 1. The van der Waals surface area contributed by atoms with Gasteiger partial charge in [0.25, 0.3) is 0 Å². The van der Waals surface area contributed by atoms with Crippen LogP contribution < -0.4 is 9.47 Å². The zero-order chi connectivity index (χ0) is 14.8. The fourth-order valence-electron chi connectivity index (χ4n) is 1.93. The van der Waals surface area contributed by atoms with Crippen LogP contribution in [-0.4, -0.2) is 13.1 Å². The van der Waals surface area contributed by atoms with Crippen molar-refractivity contribution in [3.05, 3.63) is 29.8 Å². The molecule has 0 bridgehead atoms. The van der Waals surface area contributed by atoms with Crippen molar-refractivity contribution >= 4 is 12.0 Å². The maximum absolute atomic E-state index is 11.8. The smallest absolute Gasteiger partial charge is 0.311 e. The summed E-state index contributed by atoms with van der Waals surface area (Å²) in [5, 5.41) is 0. The summed E-state index contributed by atoms with van der Waals surface area (Å²) in [5.74, 6) is 0.877. The van der Waals surface area contributed by atoms with Gasteiger partial charge in [0.15, 0.2) is 11.5 Å². The van der Waals surface area contributed by atoms with Crippen molar-refractivity contribution in [1.82, 2.24) is 0 Å². The van der Waals surface area contributed by atoms with Crippen LogP contribution in [0, 0.1) is 0 Å². The predicted octanol–water partition coefficient (Wildman–Crippen LogP) is 4.60. The van der Waals surface area contributed by atoms with Crippen molar-refractivity contribution in [3.63, 3.8) is 0 Å². The van der Waals surface area contributed by atoms with Gasteiger partial charge in [-0.2, -0.15) is 0 Å². The SMILES string of the molecule is CC=Cc1ccc(OC(=O)CCCCCC)c(OC)c1. The first-order valence-electron chi connectivity index (χ1n) is 7.22. The Morgan fingerprint density at radius 2 is 2.00 bits per heavy atom. The van der Waals surface area contributed by atoms with Gasteiger partial charge in [-0.05, 0) is 31.0 Å². The van der Waals surface area contributed by atoms with Gasteiger partial charge in [0.1, 0.15) is 0 Å². The summed E-state index contributed by atoms with van der Waals surface area (Å²) < 4.78 is 10.6. The molecule has 0 aliphatic heterocycles. The van der Waals surface area contributed by atoms with Crippen LogP contribution in [0.5, 0.6) is 11.5 Å². The van der Waals surface area contributed by atoms with Gasteiger partial charge < -0.3 is 9.47 Å². The highest BCUT2D eigenvalue weighted by Gasteiger charge is 2.10. The lowest BCUT2D eigenvalue weighted by Gasteiger charge is -2.10. The topological polar surface area (TPSA) is 35.5 Å². The molecule has 1 aromatic rings. The van der Waals surface area contributed by atoms with Crippen molar-refractivity contribution in [1.29, 1.82) is 0 Å². The third kappa shape index (κ3) is 5.47. The molecule has 0 aliphatic carbocycles. The third-order valence-electron chi connectivity index (χ3n) is 3.01. The molecule has 0 fully saturated rings. The van der Waals surface area contributed by atoms with Crippen LogP contribution >= 0.6 is 0 Å². The van der Waals surface area contributed by atoms with E-state index in [-0.39, 0.29) is 5.97 Å². The molecule has 0 atom stereocenters. The molecule has 0 aliphatic rings. The van der Waals surface area contributed by atoms with Gasteiger partial charge in [0, 0.05) is 6.42 Å². The van der Waals surface area contributed by atoms with E-state index in [4.69, 9.17) is 9.47 Å². The molecule has 3 nitrogen and oxygen atoms in total. The van der Waals surface area contributed by atoms with Gasteiger partial charge in [-0.15, -0.1) is 0 Å². The molecule has 110 valence electrons. The number of methoxy groups -OCH3 is 1. The maximum Gasteiger partial charge on any atom is 0.311 e. The van der Waals surface area contributed by atoms with Crippen LogP contribution in [0.1, 0.15) is 51.5 Å². The van der Waals surface area contributed by atoms with E-state index in [1.165, 1.54) is 0 Å². The molecule has 0 N–H and O–H groups in total.